The van der Waals surface area contributed by atoms with Gasteiger partial charge >= 0.3 is 10.1 Å². The molecule has 0 N–H and O–H groups in total. The standard InChI is InChI=1S/C21H25NO6S/c1-16(23)22(15-20-7-4-12-27-20)14-17-5-3-6-19(13-17)28-29(24,25)21-10-8-18(26-2)9-11-21/h3,5-6,8-11,13,20H,4,7,12,14-15H2,1-2H3/t20-/m1/s1. The first kappa shape index (κ1) is 21.1. The van der Waals surface area contributed by atoms with E-state index in [0.717, 1.165) is 25.0 Å². The zero-order valence-electron chi connectivity index (χ0n) is 16.5. The molecule has 2 aromatic carbocycles. The van der Waals surface area contributed by atoms with Crippen molar-refractivity contribution in [1.29, 1.82) is 0 Å². The van der Waals surface area contributed by atoms with Crippen LogP contribution in [-0.4, -0.2) is 45.6 Å². The van der Waals surface area contributed by atoms with Crippen LogP contribution in [0.2, 0.25) is 0 Å². The van der Waals surface area contributed by atoms with Gasteiger partial charge in [-0.1, -0.05) is 12.1 Å². The van der Waals surface area contributed by atoms with E-state index in [-0.39, 0.29) is 22.7 Å². The second-order valence-corrected chi connectivity index (χ2v) is 8.44. The Labute approximate surface area is 171 Å². The summed E-state index contributed by atoms with van der Waals surface area (Å²) in [6.07, 6.45) is 1.99. The fraction of sp³-hybridized carbons (Fsp3) is 0.381. The lowest BCUT2D eigenvalue weighted by Gasteiger charge is -2.24. The summed E-state index contributed by atoms with van der Waals surface area (Å²) in [7, 11) is -2.47. The molecule has 1 aliphatic heterocycles. The highest BCUT2D eigenvalue weighted by Gasteiger charge is 2.21. The molecule has 7 nitrogen and oxygen atoms in total. The first-order valence-corrected chi connectivity index (χ1v) is 10.8. The summed E-state index contributed by atoms with van der Waals surface area (Å²) in [5, 5.41) is 0. The van der Waals surface area contributed by atoms with Crippen molar-refractivity contribution in [3.63, 3.8) is 0 Å². The average molecular weight is 419 g/mol. The van der Waals surface area contributed by atoms with E-state index in [0.29, 0.717) is 18.8 Å². The van der Waals surface area contributed by atoms with Gasteiger partial charge in [0, 0.05) is 26.6 Å². The molecule has 2 aromatic rings. The fourth-order valence-corrected chi connectivity index (χ4v) is 4.09. The van der Waals surface area contributed by atoms with E-state index < -0.39 is 10.1 Å². The van der Waals surface area contributed by atoms with E-state index >= 15 is 0 Å². The van der Waals surface area contributed by atoms with Gasteiger partial charge in [0.25, 0.3) is 0 Å². The summed E-state index contributed by atoms with van der Waals surface area (Å²) < 4.78 is 41.0. The molecular formula is C21H25NO6S. The van der Waals surface area contributed by atoms with Gasteiger partial charge in [0.1, 0.15) is 16.4 Å². The Morgan fingerprint density at radius 2 is 1.93 bits per heavy atom. The summed E-state index contributed by atoms with van der Waals surface area (Å²) >= 11 is 0. The Hall–Kier alpha value is -2.58. The highest BCUT2D eigenvalue weighted by molar-refractivity contribution is 7.87. The Morgan fingerprint density at radius 1 is 1.17 bits per heavy atom. The molecule has 0 spiro atoms. The minimum absolute atomic E-state index is 0.0347. The average Bonchev–Trinajstić information content (AvgIpc) is 3.20. The van der Waals surface area contributed by atoms with Crippen LogP contribution in [0.3, 0.4) is 0 Å². The number of hydrogen-bond acceptors (Lipinski definition) is 6. The van der Waals surface area contributed by atoms with Gasteiger partial charge in [0.15, 0.2) is 0 Å². The van der Waals surface area contributed by atoms with Crippen molar-refractivity contribution in [3.8, 4) is 11.5 Å². The molecule has 0 aromatic heterocycles. The van der Waals surface area contributed by atoms with E-state index in [1.807, 2.05) is 6.07 Å². The lowest BCUT2D eigenvalue weighted by Crippen LogP contribution is -2.35. The Morgan fingerprint density at radius 3 is 2.55 bits per heavy atom. The second-order valence-electron chi connectivity index (χ2n) is 6.89. The lowest BCUT2D eigenvalue weighted by atomic mass is 10.1. The Balaban J connectivity index is 1.71. The number of rotatable bonds is 8. The van der Waals surface area contributed by atoms with Gasteiger partial charge in [0.05, 0.1) is 13.2 Å². The van der Waals surface area contributed by atoms with Gasteiger partial charge in [-0.3, -0.25) is 4.79 Å². The van der Waals surface area contributed by atoms with Crippen molar-refractivity contribution >= 4 is 16.0 Å². The van der Waals surface area contributed by atoms with Gasteiger partial charge in [-0.05, 0) is 54.8 Å². The number of methoxy groups -OCH3 is 1. The van der Waals surface area contributed by atoms with E-state index in [2.05, 4.69) is 0 Å². The van der Waals surface area contributed by atoms with E-state index in [1.54, 1.807) is 35.2 Å². The Kier molecular flexibility index (Phi) is 6.76. The maximum atomic E-state index is 12.5. The molecule has 0 bridgehead atoms. The summed E-state index contributed by atoms with van der Waals surface area (Å²) in [5.74, 6) is 0.693. The minimum Gasteiger partial charge on any atom is -0.497 e. The van der Waals surface area contributed by atoms with Crippen LogP contribution in [0.5, 0.6) is 11.5 Å². The van der Waals surface area contributed by atoms with Crippen LogP contribution in [0.4, 0.5) is 0 Å². The molecule has 29 heavy (non-hydrogen) atoms. The van der Waals surface area contributed by atoms with Gasteiger partial charge in [-0.25, -0.2) is 0 Å². The Bertz CT molecular complexity index is 936. The monoisotopic (exact) mass is 419 g/mol. The number of carbonyl (C=O) groups is 1. The quantitative estimate of drug-likeness (QED) is 0.612. The number of hydrogen-bond donors (Lipinski definition) is 0. The molecule has 0 unspecified atom stereocenters. The molecule has 1 saturated heterocycles. The second kappa shape index (κ2) is 9.28. The summed E-state index contributed by atoms with van der Waals surface area (Å²) in [4.78, 5) is 13.8. The van der Waals surface area contributed by atoms with Crippen LogP contribution in [0.25, 0.3) is 0 Å². The van der Waals surface area contributed by atoms with Crippen LogP contribution in [0.15, 0.2) is 53.4 Å². The third-order valence-corrected chi connectivity index (χ3v) is 5.98. The van der Waals surface area contributed by atoms with Crippen LogP contribution in [0, 0.1) is 0 Å². The summed E-state index contributed by atoms with van der Waals surface area (Å²) in [5.41, 5.74) is 0.778. The van der Waals surface area contributed by atoms with E-state index in [1.165, 1.54) is 26.2 Å². The number of carbonyl (C=O) groups excluding carboxylic acids is 1. The molecule has 0 aliphatic carbocycles. The normalized spacial score (nSPS) is 16.4. The molecular weight excluding hydrogens is 394 g/mol. The van der Waals surface area contributed by atoms with Gasteiger partial charge in [0.2, 0.25) is 5.91 Å². The van der Waals surface area contributed by atoms with Crippen LogP contribution < -0.4 is 8.92 Å². The molecule has 1 heterocycles. The molecule has 1 atom stereocenters. The molecule has 1 fully saturated rings. The van der Waals surface area contributed by atoms with Crippen LogP contribution >= 0.6 is 0 Å². The highest BCUT2D eigenvalue weighted by atomic mass is 32.2. The number of nitrogens with zero attached hydrogens (tertiary/aromatic N) is 1. The third kappa shape index (κ3) is 5.71. The van der Waals surface area contributed by atoms with E-state index in [4.69, 9.17) is 13.7 Å². The maximum absolute atomic E-state index is 12.5. The summed E-state index contributed by atoms with van der Waals surface area (Å²) in [6.45, 7) is 3.12. The maximum Gasteiger partial charge on any atom is 0.339 e. The van der Waals surface area contributed by atoms with Crippen LogP contribution in [0.1, 0.15) is 25.3 Å². The smallest absolute Gasteiger partial charge is 0.339 e. The minimum atomic E-state index is -3.97. The molecule has 0 radical (unpaired) electrons. The molecule has 8 heteroatoms. The molecule has 1 amide bonds. The van der Waals surface area contributed by atoms with Gasteiger partial charge in [-0.2, -0.15) is 8.42 Å². The highest BCUT2D eigenvalue weighted by Crippen LogP contribution is 2.23. The number of amides is 1. The van der Waals surface area contributed by atoms with Crippen molar-refractivity contribution in [3.05, 3.63) is 54.1 Å². The van der Waals surface area contributed by atoms with Crippen molar-refractivity contribution in [2.24, 2.45) is 0 Å². The number of ether oxygens (including phenoxy) is 2. The fourth-order valence-electron chi connectivity index (χ4n) is 3.17. The molecule has 0 saturated carbocycles. The van der Waals surface area contributed by atoms with Crippen LogP contribution in [-0.2, 0) is 26.2 Å². The SMILES string of the molecule is COc1ccc(S(=O)(=O)Oc2cccc(CN(C[C@H]3CCCO3)C(C)=O)c2)cc1. The van der Waals surface area contributed by atoms with Crippen molar-refractivity contribution < 1.29 is 26.9 Å². The first-order valence-electron chi connectivity index (χ1n) is 9.42. The van der Waals surface area contributed by atoms with Gasteiger partial charge in [-0.15, -0.1) is 0 Å². The van der Waals surface area contributed by atoms with Gasteiger partial charge < -0.3 is 18.6 Å². The zero-order valence-corrected chi connectivity index (χ0v) is 17.4. The number of benzene rings is 2. The summed E-state index contributed by atoms with van der Waals surface area (Å²) in [6, 6.07) is 12.7. The molecule has 1 aliphatic rings. The van der Waals surface area contributed by atoms with Crippen molar-refractivity contribution in [2.75, 3.05) is 20.3 Å². The largest absolute Gasteiger partial charge is 0.497 e. The zero-order chi connectivity index (χ0) is 20.9. The molecule has 156 valence electrons. The van der Waals surface area contributed by atoms with Crippen molar-refractivity contribution in [1.82, 2.24) is 4.90 Å². The lowest BCUT2D eigenvalue weighted by molar-refractivity contribution is -0.131. The first-order chi connectivity index (χ1) is 13.9. The van der Waals surface area contributed by atoms with E-state index in [9.17, 15) is 13.2 Å². The predicted octanol–water partition coefficient (Wildman–Crippen LogP) is 2.99. The van der Waals surface area contributed by atoms with Crippen molar-refractivity contribution in [2.45, 2.75) is 37.3 Å². The third-order valence-electron chi connectivity index (χ3n) is 4.72. The topological polar surface area (TPSA) is 82.1 Å². The molecule has 3 rings (SSSR count). The predicted molar refractivity (Wildman–Crippen MR) is 107 cm³/mol.